The van der Waals surface area contributed by atoms with Gasteiger partial charge in [0.05, 0.1) is 31.6 Å². The van der Waals surface area contributed by atoms with Crippen LogP contribution in [-0.4, -0.2) is 37.0 Å². The highest BCUT2D eigenvalue weighted by Crippen LogP contribution is 2.19. The number of pyridine rings is 1. The third-order valence-corrected chi connectivity index (χ3v) is 2.58. The Kier molecular flexibility index (Phi) is 3.91. The maximum Gasteiger partial charge on any atom is 0.155 e. The first kappa shape index (κ1) is 11.8. The molecule has 1 aliphatic rings. The van der Waals surface area contributed by atoms with E-state index >= 15 is 0 Å². The van der Waals surface area contributed by atoms with E-state index in [1.807, 2.05) is 6.92 Å². The largest absolute Gasteiger partial charge is 0.485 e. The standard InChI is InChI=1S/C12H14N2O3/c1-9(12-8-15-4-5-16-12)17-11-7-14-3-2-10(11)6-13/h2-3,7,9,12H,4-5,8H2,1H3. The first-order valence-electron chi connectivity index (χ1n) is 5.51. The Hall–Kier alpha value is -1.64. The van der Waals surface area contributed by atoms with Gasteiger partial charge in [-0.2, -0.15) is 5.26 Å². The molecule has 5 heteroatoms. The van der Waals surface area contributed by atoms with Crippen molar-refractivity contribution in [3.63, 3.8) is 0 Å². The third kappa shape index (κ3) is 2.93. The first-order chi connectivity index (χ1) is 8.31. The van der Waals surface area contributed by atoms with E-state index in [9.17, 15) is 0 Å². The zero-order valence-corrected chi connectivity index (χ0v) is 9.63. The Morgan fingerprint density at radius 1 is 1.59 bits per heavy atom. The van der Waals surface area contributed by atoms with Crippen molar-refractivity contribution in [3.05, 3.63) is 24.0 Å². The molecule has 2 unspecified atom stereocenters. The summed E-state index contributed by atoms with van der Waals surface area (Å²) in [6.07, 6.45) is 2.83. The smallest absolute Gasteiger partial charge is 0.155 e. The quantitative estimate of drug-likeness (QED) is 0.784. The third-order valence-electron chi connectivity index (χ3n) is 2.58. The van der Waals surface area contributed by atoms with E-state index in [-0.39, 0.29) is 12.2 Å². The van der Waals surface area contributed by atoms with Gasteiger partial charge in [0.2, 0.25) is 0 Å². The van der Waals surface area contributed by atoms with Crippen molar-refractivity contribution in [1.82, 2.24) is 4.98 Å². The zero-order valence-electron chi connectivity index (χ0n) is 9.63. The number of hydrogen-bond acceptors (Lipinski definition) is 5. The van der Waals surface area contributed by atoms with Gasteiger partial charge in [0, 0.05) is 6.20 Å². The second-order valence-corrected chi connectivity index (χ2v) is 3.79. The maximum absolute atomic E-state index is 8.93. The molecular formula is C12H14N2O3. The molecule has 0 spiro atoms. The Bertz CT molecular complexity index is 410. The van der Waals surface area contributed by atoms with Gasteiger partial charge in [-0.3, -0.25) is 4.98 Å². The Morgan fingerprint density at radius 2 is 2.47 bits per heavy atom. The van der Waals surface area contributed by atoms with E-state index < -0.39 is 0 Å². The summed E-state index contributed by atoms with van der Waals surface area (Å²) < 4.78 is 16.5. The van der Waals surface area contributed by atoms with Crippen molar-refractivity contribution in [2.45, 2.75) is 19.1 Å². The van der Waals surface area contributed by atoms with E-state index in [4.69, 9.17) is 19.5 Å². The second-order valence-electron chi connectivity index (χ2n) is 3.79. The topological polar surface area (TPSA) is 64.4 Å². The van der Waals surface area contributed by atoms with Crippen LogP contribution in [0.2, 0.25) is 0 Å². The summed E-state index contributed by atoms with van der Waals surface area (Å²) in [5.41, 5.74) is 0.476. The van der Waals surface area contributed by atoms with Crippen LogP contribution in [0.1, 0.15) is 12.5 Å². The summed E-state index contributed by atoms with van der Waals surface area (Å²) in [5, 5.41) is 8.93. The van der Waals surface area contributed by atoms with E-state index in [0.717, 1.165) is 0 Å². The van der Waals surface area contributed by atoms with Gasteiger partial charge in [-0.1, -0.05) is 0 Å². The average Bonchev–Trinajstić information content (AvgIpc) is 2.40. The molecule has 0 aromatic carbocycles. The van der Waals surface area contributed by atoms with E-state index in [0.29, 0.717) is 31.1 Å². The number of nitriles is 1. The second kappa shape index (κ2) is 5.62. The monoisotopic (exact) mass is 234 g/mol. The van der Waals surface area contributed by atoms with E-state index in [1.165, 1.54) is 0 Å². The highest BCUT2D eigenvalue weighted by atomic mass is 16.6. The lowest BCUT2D eigenvalue weighted by Gasteiger charge is -2.28. The molecule has 0 aliphatic carbocycles. The molecule has 5 nitrogen and oxygen atoms in total. The molecule has 2 heterocycles. The Morgan fingerprint density at radius 3 is 3.18 bits per heavy atom. The molecule has 2 atom stereocenters. The molecule has 1 fully saturated rings. The lowest BCUT2D eigenvalue weighted by molar-refractivity contribution is -0.122. The lowest BCUT2D eigenvalue weighted by Crippen LogP contribution is -2.40. The molecule has 1 aromatic heterocycles. The SMILES string of the molecule is CC(Oc1cnccc1C#N)C1COCCO1. The summed E-state index contributed by atoms with van der Waals surface area (Å²) in [6.45, 7) is 3.62. The molecule has 90 valence electrons. The molecule has 17 heavy (non-hydrogen) atoms. The van der Waals surface area contributed by atoms with Crippen molar-refractivity contribution < 1.29 is 14.2 Å². The van der Waals surface area contributed by atoms with Crippen LogP contribution in [0.3, 0.4) is 0 Å². The van der Waals surface area contributed by atoms with E-state index in [2.05, 4.69) is 11.1 Å². The highest BCUT2D eigenvalue weighted by Gasteiger charge is 2.23. The van der Waals surface area contributed by atoms with Crippen molar-refractivity contribution in [3.8, 4) is 11.8 Å². The summed E-state index contributed by atoms with van der Waals surface area (Å²) in [7, 11) is 0. The van der Waals surface area contributed by atoms with Gasteiger partial charge in [-0.15, -0.1) is 0 Å². The number of aromatic nitrogens is 1. The Labute approximate surface area is 99.9 Å². The number of nitrogens with zero attached hydrogens (tertiary/aromatic N) is 2. The van der Waals surface area contributed by atoms with Gasteiger partial charge in [0.15, 0.2) is 5.75 Å². The zero-order chi connectivity index (χ0) is 12.1. The van der Waals surface area contributed by atoms with Gasteiger partial charge in [-0.05, 0) is 13.0 Å². The predicted molar refractivity (Wildman–Crippen MR) is 59.6 cm³/mol. The van der Waals surface area contributed by atoms with Gasteiger partial charge in [-0.25, -0.2) is 0 Å². The van der Waals surface area contributed by atoms with Crippen LogP contribution in [0.15, 0.2) is 18.5 Å². The molecule has 1 saturated heterocycles. The molecule has 0 bridgehead atoms. The first-order valence-corrected chi connectivity index (χ1v) is 5.51. The predicted octanol–water partition coefficient (Wildman–Crippen LogP) is 1.14. The van der Waals surface area contributed by atoms with Crippen LogP contribution in [0.25, 0.3) is 0 Å². The van der Waals surface area contributed by atoms with E-state index in [1.54, 1.807) is 18.5 Å². The van der Waals surface area contributed by atoms with Gasteiger partial charge < -0.3 is 14.2 Å². The molecule has 0 amide bonds. The van der Waals surface area contributed by atoms with Crippen molar-refractivity contribution in [2.75, 3.05) is 19.8 Å². The van der Waals surface area contributed by atoms with Gasteiger partial charge >= 0.3 is 0 Å². The van der Waals surface area contributed by atoms with Gasteiger partial charge in [0.25, 0.3) is 0 Å². The van der Waals surface area contributed by atoms with Crippen LogP contribution in [0.5, 0.6) is 5.75 Å². The minimum absolute atomic E-state index is 0.101. The number of hydrogen-bond donors (Lipinski definition) is 0. The van der Waals surface area contributed by atoms with Crippen molar-refractivity contribution in [2.24, 2.45) is 0 Å². The average molecular weight is 234 g/mol. The molecule has 0 N–H and O–H groups in total. The van der Waals surface area contributed by atoms with Crippen LogP contribution < -0.4 is 4.74 Å². The lowest BCUT2D eigenvalue weighted by atomic mass is 10.2. The van der Waals surface area contributed by atoms with Crippen molar-refractivity contribution in [1.29, 1.82) is 5.26 Å². The van der Waals surface area contributed by atoms with Crippen LogP contribution in [0, 0.1) is 11.3 Å². The van der Waals surface area contributed by atoms with Gasteiger partial charge in [0.1, 0.15) is 18.3 Å². The fraction of sp³-hybridized carbons (Fsp3) is 0.500. The normalized spacial score (nSPS) is 21.5. The summed E-state index contributed by atoms with van der Waals surface area (Å²) in [4.78, 5) is 3.94. The highest BCUT2D eigenvalue weighted by molar-refractivity contribution is 5.40. The number of ether oxygens (including phenoxy) is 3. The summed E-state index contributed by atoms with van der Waals surface area (Å²) >= 11 is 0. The molecule has 2 rings (SSSR count). The molecule has 1 aromatic rings. The molecular weight excluding hydrogens is 220 g/mol. The van der Waals surface area contributed by atoms with Crippen LogP contribution in [0.4, 0.5) is 0 Å². The Balaban J connectivity index is 2.02. The number of rotatable bonds is 3. The molecule has 1 aliphatic heterocycles. The molecule has 0 saturated carbocycles. The molecule has 0 radical (unpaired) electrons. The maximum atomic E-state index is 8.93. The summed E-state index contributed by atoms with van der Waals surface area (Å²) in [6, 6.07) is 3.69. The van der Waals surface area contributed by atoms with Crippen LogP contribution in [-0.2, 0) is 9.47 Å². The fourth-order valence-corrected chi connectivity index (χ4v) is 1.62. The van der Waals surface area contributed by atoms with Crippen LogP contribution >= 0.6 is 0 Å². The summed E-state index contributed by atoms with van der Waals surface area (Å²) in [5.74, 6) is 0.483. The fourth-order valence-electron chi connectivity index (χ4n) is 1.62. The minimum Gasteiger partial charge on any atom is -0.485 e. The minimum atomic E-state index is -0.174. The van der Waals surface area contributed by atoms with Crippen molar-refractivity contribution >= 4 is 0 Å².